The van der Waals surface area contributed by atoms with Gasteiger partial charge in [0.15, 0.2) is 0 Å². The van der Waals surface area contributed by atoms with Gasteiger partial charge in [-0.2, -0.15) is 0 Å². The number of hydrogen-bond acceptors (Lipinski definition) is 3. The third-order valence-electron chi connectivity index (χ3n) is 4.94. The number of piperidine rings is 1. The van der Waals surface area contributed by atoms with E-state index in [4.69, 9.17) is 4.99 Å². The zero-order chi connectivity index (χ0) is 12.6. The summed E-state index contributed by atoms with van der Waals surface area (Å²) in [5, 5.41) is 6.42. The third kappa shape index (κ3) is 1.87. The number of carbonyl (C=O) groups is 1. The number of nitrogens with zero attached hydrogens (tertiary/aromatic N) is 1. The van der Waals surface area contributed by atoms with Crippen LogP contribution in [0.15, 0.2) is 4.99 Å². The van der Waals surface area contributed by atoms with Gasteiger partial charge in [-0.25, -0.2) is 0 Å². The highest BCUT2D eigenvalue weighted by Gasteiger charge is 2.48. The van der Waals surface area contributed by atoms with Gasteiger partial charge in [-0.1, -0.05) is 26.2 Å². The molecule has 4 heteroatoms. The molecule has 2 N–H and O–H groups in total. The molecular weight excluding hydrogens is 226 g/mol. The summed E-state index contributed by atoms with van der Waals surface area (Å²) in [5.41, 5.74) is -0.330. The number of aliphatic imine (C=N–C) groups is 1. The third-order valence-corrected chi connectivity index (χ3v) is 4.94. The van der Waals surface area contributed by atoms with Crippen molar-refractivity contribution in [3.8, 4) is 0 Å². The molecule has 0 aromatic heterocycles. The second-order valence-corrected chi connectivity index (χ2v) is 6.32. The summed E-state index contributed by atoms with van der Waals surface area (Å²) in [6.45, 7) is 4.08. The van der Waals surface area contributed by atoms with Crippen molar-refractivity contribution in [1.82, 2.24) is 10.6 Å². The van der Waals surface area contributed by atoms with Gasteiger partial charge in [-0.15, -0.1) is 0 Å². The highest BCUT2D eigenvalue weighted by molar-refractivity contribution is 6.10. The van der Waals surface area contributed by atoms with Crippen molar-refractivity contribution >= 4 is 11.7 Å². The SMILES string of the molecule is CC1(C2=NC3(CCNCC3)C(=O)N2)CCCCC1. The highest BCUT2D eigenvalue weighted by Crippen LogP contribution is 2.40. The molecule has 3 aliphatic rings. The maximum atomic E-state index is 12.3. The van der Waals surface area contributed by atoms with Crippen LogP contribution in [0, 0.1) is 5.41 Å². The molecule has 1 amide bonds. The highest BCUT2D eigenvalue weighted by atomic mass is 16.2. The van der Waals surface area contributed by atoms with E-state index in [2.05, 4.69) is 17.6 Å². The van der Waals surface area contributed by atoms with Crippen LogP contribution in [0.2, 0.25) is 0 Å². The fourth-order valence-electron chi connectivity index (χ4n) is 3.55. The molecule has 3 rings (SSSR count). The van der Waals surface area contributed by atoms with Crippen LogP contribution < -0.4 is 10.6 Å². The number of rotatable bonds is 1. The largest absolute Gasteiger partial charge is 0.317 e. The smallest absolute Gasteiger partial charge is 0.253 e. The molecule has 100 valence electrons. The minimum atomic E-state index is -0.443. The minimum absolute atomic E-state index is 0.113. The summed E-state index contributed by atoms with van der Waals surface area (Å²) in [4.78, 5) is 17.2. The molecule has 0 radical (unpaired) electrons. The lowest BCUT2D eigenvalue weighted by molar-refractivity contribution is -0.124. The van der Waals surface area contributed by atoms with Crippen LogP contribution in [0.3, 0.4) is 0 Å². The van der Waals surface area contributed by atoms with E-state index in [0.717, 1.165) is 31.8 Å². The molecule has 0 aromatic rings. The van der Waals surface area contributed by atoms with Crippen molar-refractivity contribution in [1.29, 1.82) is 0 Å². The van der Waals surface area contributed by atoms with Gasteiger partial charge in [-0.05, 0) is 38.8 Å². The molecule has 0 atom stereocenters. The van der Waals surface area contributed by atoms with Crippen molar-refractivity contribution in [2.24, 2.45) is 10.4 Å². The van der Waals surface area contributed by atoms with Gasteiger partial charge in [0.25, 0.3) is 5.91 Å². The Balaban J connectivity index is 1.85. The first-order valence-corrected chi connectivity index (χ1v) is 7.27. The molecule has 1 spiro atoms. The molecule has 1 saturated carbocycles. The molecule has 18 heavy (non-hydrogen) atoms. The van der Waals surface area contributed by atoms with Crippen molar-refractivity contribution in [2.75, 3.05) is 13.1 Å². The van der Waals surface area contributed by atoms with Crippen LogP contribution in [-0.2, 0) is 4.79 Å². The number of hydrogen-bond donors (Lipinski definition) is 2. The van der Waals surface area contributed by atoms with E-state index in [0.29, 0.717) is 0 Å². The van der Waals surface area contributed by atoms with E-state index in [1.54, 1.807) is 0 Å². The van der Waals surface area contributed by atoms with E-state index in [1.807, 2.05) is 0 Å². The molecule has 2 aliphatic heterocycles. The van der Waals surface area contributed by atoms with Gasteiger partial charge in [0.05, 0.1) is 0 Å². The molecule has 0 unspecified atom stereocenters. The second kappa shape index (κ2) is 4.34. The molecule has 1 saturated heterocycles. The summed E-state index contributed by atoms with van der Waals surface area (Å²) in [5.74, 6) is 1.12. The van der Waals surface area contributed by atoms with E-state index >= 15 is 0 Å². The number of amides is 1. The van der Waals surface area contributed by atoms with E-state index in [1.165, 1.54) is 32.1 Å². The molecule has 0 bridgehead atoms. The Bertz CT molecular complexity index is 377. The van der Waals surface area contributed by atoms with Crippen LogP contribution in [0.5, 0.6) is 0 Å². The van der Waals surface area contributed by atoms with Crippen molar-refractivity contribution in [3.05, 3.63) is 0 Å². The van der Waals surface area contributed by atoms with E-state index in [-0.39, 0.29) is 11.3 Å². The Morgan fingerprint density at radius 1 is 1.06 bits per heavy atom. The predicted octanol–water partition coefficient (Wildman–Crippen LogP) is 1.61. The van der Waals surface area contributed by atoms with Gasteiger partial charge >= 0.3 is 0 Å². The summed E-state index contributed by atoms with van der Waals surface area (Å²) in [6, 6.07) is 0. The topological polar surface area (TPSA) is 53.5 Å². The molecule has 1 aliphatic carbocycles. The maximum absolute atomic E-state index is 12.3. The van der Waals surface area contributed by atoms with Crippen molar-refractivity contribution in [3.63, 3.8) is 0 Å². The van der Waals surface area contributed by atoms with E-state index < -0.39 is 5.54 Å². The lowest BCUT2D eigenvalue weighted by atomic mass is 9.75. The molecule has 0 aromatic carbocycles. The first-order chi connectivity index (χ1) is 8.65. The Kier molecular flexibility index (Phi) is 2.93. The zero-order valence-corrected chi connectivity index (χ0v) is 11.2. The lowest BCUT2D eigenvalue weighted by Gasteiger charge is -2.33. The summed E-state index contributed by atoms with van der Waals surface area (Å²) >= 11 is 0. The van der Waals surface area contributed by atoms with Crippen LogP contribution in [0.1, 0.15) is 51.9 Å². The monoisotopic (exact) mass is 249 g/mol. The number of amidine groups is 1. The van der Waals surface area contributed by atoms with E-state index in [9.17, 15) is 4.79 Å². The molecule has 2 heterocycles. The van der Waals surface area contributed by atoms with Crippen LogP contribution in [0.25, 0.3) is 0 Å². The van der Waals surface area contributed by atoms with Gasteiger partial charge in [-0.3, -0.25) is 9.79 Å². The Morgan fingerprint density at radius 2 is 1.72 bits per heavy atom. The first kappa shape index (κ1) is 12.2. The molecular formula is C14H23N3O. The average molecular weight is 249 g/mol. The predicted molar refractivity (Wildman–Crippen MR) is 71.6 cm³/mol. The summed E-state index contributed by atoms with van der Waals surface area (Å²) in [6.07, 6.45) is 7.88. The second-order valence-electron chi connectivity index (χ2n) is 6.32. The fourth-order valence-corrected chi connectivity index (χ4v) is 3.55. The number of nitrogens with one attached hydrogen (secondary N) is 2. The lowest BCUT2D eigenvalue weighted by Crippen LogP contribution is -2.48. The number of carbonyl (C=O) groups excluding carboxylic acids is 1. The standard InChI is InChI=1S/C14H23N3O/c1-13(5-3-2-4-6-13)11-16-12(18)14(17-11)7-9-15-10-8-14/h15H,2-10H2,1H3,(H,16,17,18). The van der Waals surface area contributed by atoms with Crippen LogP contribution >= 0.6 is 0 Å². The maximum Gasteiger partial charge on any atom is 0.253 e. The Labute approximate surface area is 109 Å². The fraction of sp³-hybridized carbons (Fsp3) is 0.857. The quantitative estimate of drug-likeness (QED) is 0.742. The average Bonchev–Trinajstić information content (AvgIpc) is 2.70. The minimum Gasteiger partial charge on any atom is -0.317 e. The normalized spacial score (nSPS) is 30.1. The van der Waals surface area contributed by atoms with Gasteiger partial charge < -0.3 is 10.6 Å². The summed E-state index contributed by atoms with van der Waals surface area (Å²) < 4.78 is 0. The van der Waals surface area contributed by atoms with Crippen molar-refractivity contribution in [2.45, 2.75) is 57.4 Å². The van der Waals surface area contributed by atoms with Gasteiger partial charge in [0, 0.05) is 5.41 Å². The molecule has 2 fully saturated rings. The Morgan fingerprint density at radius 3 is 2.39 bits per heavy atom. The molecule has 4 nitrogen and oxygen atoms in total. The first-order valence-electron chi connectivity index (χ1n) is 7.27. The summed E-state index contributed by atoms with van der Waals surface area (Å²) in [7, 11) is 0. The Hall–Kier alpha value is -0.900. The van der Waals surface area contributed by atoms with Crippen LogP contribution in [0.4, 0.5) is 0 Å². The van der Waals surface area contributed by atoms with Gasteiger partial charge in [0.2, 0.25) is 0 Å². The van der Waals surface area contributed by atoms with Crippen molar-refractivity contribution < 1.29 is 4.79 Å². The zero-order valence-electron chi connectivity index (χ0n) is 11.2. The van der Waals surface area contributed by atoms with Gasteiger partial charge in [0.1, 0.15) is 11.4 Å². The van der Waals surface area contributed by atoms with Crippen LogP contribution in [-0.4, -0.2) is 30.4 Å².